The first-order valence-electron chi connectivity index (χ1n) is 6.97. The summed E-state index contributed by atoms with van der Waals surface area (Å²) in [7, 11) is 0. The fraction of sp³-hybridized carbons (Fsp3) is 0.375. The smallest absolute Gasteiger partial charge is 0.162 e. The van der Waals surface area contributed by atoms with Crippen molar-refractivity contribution in [1.29, 1.82) is 0 Å². The molecule has 0 aliphatic rings. The zero-order chi connectivity index (χ0) is 15.4. The number of benzene rings is 1. The first kappa shape index (κ1) is 15.7. The summed E-state index contributed by atoms with van der Waals surface area (Å²) < 4.78 is 16.7. The molecule has 1 aromatic carbocycles. The van der Waals surface area contributed by atoms with Gasteiger partial charge in [0.15, 0.2) is 11.5 Å². The Bertz CT molecular complexity index is 610. The summed E-state index contributed by atoms with van der Waals surface area (Å²) >= 11 is 6.33. The highest BCUT2D eigenvalue weighted by Crippen LogP contribution is 2.37. The minimum absolute atomic E-state index is 0.443. The lowest BCUT2D eigenvalue weighted by Gasteiger charge is -2.17. The molecule has 1 atom stereocenters. The van der Waals surface area contributed by atoms with Crippen LogP contribution in [0.3, 0.4) is 0 Å². The molecule has 2 N–H and O–H groups in total. The molecule has 0 aliphatic heterocycles. The lowest BCUT2D eigenvalue weighted by Crippen LogP contribution is -2.12. The number of ether oxygens (including phenoxy) is 2. The summed E-state index contributed by atoms with van der Waals surface area (Å²) in [5, 5.41) is 0.531. The third-order valence-electron chi connectivity index (χ3n) is 3.07. The molecule has 1 heterocycles. The Morgan fingerprint density at radius 3 is 2.29 bits per heavy atom. The Labute approximate surface area is 129 Å². The maximum absolute atomic E-state index is 6.33. The van der Waals surface area contributed by atoms with Gasteiger partial charge in [-0.25, -0.2) is 0 Å². The first-order valence-corrected chi connectivity index (χ1v) is 7.35. The third-order valence-corrected chi connectivity index (χ3v) is 3.39. The fourth-order valence-electron chi connectivity index (χ4n) is 2.10. The van der Waals surface area contributed by atoms with Crippen LogP contribution in [-0.2, 0) is 0 Å². The number of hydrogen-bond donors (Lipinski definition) is 1. The van der Waals surface area contributed by atoms with Crippen LogP contribution in [0.15, 0.2) is 28.7 Å². The van der Waals surface area contributed by atoms with Gasteiger partial charge >= 0.3 is 0 Å². The second-order valence-corrected chi connectivity index (χ2v) is 5.02. The Hall–Kier alpha value is -1.65. The van der Waals surface area contributed by atoms with Crippen molar-refractivity contribution in [3.63, 3.8) is 0 Å². The maximum Gasteiger partial charge on any atom is 0.162 e. The summed E-state index contributed by atoms with van der Waals surface area (Å²) in [5.41, 5.74) is 6.99. The van der Waals surface area contributed by atoms with E-state index in [4.69, 9.17) is 31.2 Å². The summed E-state index contributed by atoms with van der Waals surface area (Å²) in [6, 6.07) is 6.84. The molecule has 1 aromatic heterocycles. The van der Waals surface area contributed by atoms with Crippen molar-refractivity contribution in [2.24, 2.45) is 5.73 Å². The van der Waals surface area contributed by atoms with Crippen molar-refractivity contribution in [3.8, 4) is 11.5 Å². The van der Waals surface area contributed by atoms with Gasteiger partial charge < -0.3 is 19.6 Å². The Morgan fingerprint density at radius 1 is 1.14 bits per heavy atom. The SMILES string of the molecule is CCOc1cc(Cl)c(C(N)c2ccc(C)o2)cc1OCC. The minimum atomic E-state index is -0.443. The number of hydrogen-bond acceptors (Lipinski definition) is 4. The molecule has 0 spiro atoms. The van der Waals surface area contributed by atoms with Crippen LogP contribution in [-0.4, -0.2) is 13.2 Å². The van der Waals surface area contributed by atoms with Gasteiger partial charge in [-0.3, -0.25) is 0 Å². The van der Waals surface area contributed by atoms with Gasteiger partial charge in [0.1, 0.15) is 11.5 Å². The predicted octanol–water partition coefficient (Wildman–Crippen LogP) is 4.09. The molecule has 2 rings (SSSR count). The van der Waals surface area contributed by atoms with E-state index in [9.17, 15) is 0 Å². The number of rotatable bonds is 6. The van der Waals surface area contributed by atoms with Crippen molar-refractivity contribution < 1.29 is 13.9 Å². The van der Waals surface area contributed by atoms with Crippen molar-refractivity contribution in [2.45, 2.75) is 26.8 Å². The van der Waals surface area contributed by atoms with Gasteiger partial charge in [-0.2, -0.15) is 0 Å². The van der Waals surface area contributed by atoms with Crippen LogP contribution >= 0.6 is 11.6 Å². The topological polar surface area (TPSA) is 57.6 Å². The van der Waals surface area contributed by atoms with Crippen molar-refractivity contribution >= 4 is 11.6 Å². The molecule has 4 nitrogen and oxygen atoms in total. The Balaban J connectivity index is 2.40. The van der Waals surface area contributed by atoms with Gasteiger partial charge in [0.05, 0.1) is 19.3 Å². The normalized spacial score (nSPS) is 12.2. The van der Waals surface area contributed by atoms with Crippen LogP contribution in [0.2, 0.25) is 5.02 Å². The number of halogens is 1. The van der Waals surface area contributed by atoms with Crippen molar-refractivity contribution in [1.82, 2.24) is 0 Å². The monoisotopic (exact) mass is 309 g/mol. The molecule has 1 unspecified atom stereocenters. The lowest BCUT2D eigenvalue weighted by molar-refractivity contribution is 0.287. The maximum atomic E-state index is 6.33. The summed E-state index contributed by atoms with van der Waals surface area (Å²) in [6.07, 6.45) is 0. The van der Waals surface area contributed by atoms with Crippen LogP contribution in [0.4, 0.5) is 0 Å². The molecule has 0 fully saturated rings. The van der Waals surface area contributed by atoms with Crippen LogP contribution in [0, 0.1) is 6.92 Å². The quantitative estimate of drug-likeness (QED) is 0.873. The largest absolute Gasteiger partial charge is 0.490 e. The zero-order valence-corrected chi connectivity index (χ0v) is 13.2. The van der Waals surface area contributed by atoms with E-state index in [0.717, 1.165) is 11.3 Å². The van der Waals surface area contributed by atoms with E-state index >= 15 is 0 Å². The lowest BCUT2D eigenvalue weighted by atomic mass is 10.0. The van der Waals surface area contributed by atoms with Gasteiger partial charge in [-0.05, 0) is 44.5 Å². The molecule has 0 saturated carbocycles. The van der Waals surface area contributed by atoms with Crippen LogP contribution in [0.1, 0.15) is 37.0 Å². The second-order valence-electron chi connectivity index (χ2n) is 4.61. The standard InChI is InChI=1S/C16H20ClNO3/c1-4-19-14-8-11(12(17)9-15(14)20-5-2)16(18)13-7-6-10(3)21-13/h6-9,16H,4-5,18H2,1-3H3. The van der Waals surface area contributed by atoms with Crippen molar-refractivity contribution in [3.05, 3.63) is 46.4 Å². The number of nitrogens with two attached hydrogens (primary N) is 1. The molecule has 0 aliphatic carbocycles. The van der Waals surface area contributed by atoms with Gasteiger partial charge in [-0.1, -0.05) is 11.6 Å². The Kier molecular flexibility index (Phi) is 5.15. The molecule has 0 radical (unpaired) electrons. The van der Waals surface area contributed by atoms with Gasteiger partial charge in [-0.15, -0.1) is 0 Å². The summed E-state index contributed by atoms with van der Waals surface area (Å²) in [6.45, 7) is 6.78. The van der Waals surface area contributed by atoms with Crippen LogP contribution in [0.25, 0.3) is 0 Å². The molecule has 2 aromatic rings. The third kappa shape index (κ3) is 3.52. The average Bonchev–Trinajstić information content (AvgIpc) is 2.88. The van der Waals surface area contributed by atoms with E-state index in [2.05, 4.69) is 0 Å². The highest BCUT2D eigenvalue weighted by Gasteiger charge is 2.19. The van der Waals surface area contributed by atoms with Crippen molar-refractivity contribution in [2.75, 3.05) is 13.2 Å². The number of aryl methyl sites for hydroxylation is 1. The first-order chi connectivity index (χ1) is 10.1. The van der Waals surface area contributed by atoms with E-state index in [1.54, 1.807) is 6.07 Å². The molecule has 21 heavy (non-hydrogen) atoms. The summed E-state index contributed by atoms with van der Waals surface area (Å²) in [4.78, 5) is 0. The van der Waals surface area contributed by atoms with E-state index in [1.165, 1.54) is 0 Å². The van der Waals surface area contributed by atoms with Gasteiger partial charge in [0.2, 0.25) is 0 Å². The van der Waals surface area contributed by atoms with E-state index < -0.39 is 6.04 Å². The molecular weight excluding hydrogens is 290 g/mol. The Morgan fingerprint density at radius 2 is 1.76 bits per heavy atom. The van der Waals surface area contributed by atoms with E-state index in [1.807, 2.05) is 39.0 Å². The molecule has 114 valence electrons. The predicted molar refractivity (Wildman–Crippen MR) is 83.3 cm³/mol. The molecule has 0 bridgehead atoms. The molecule has 0 amide bonds. The van der Waals surface area contributed by atoms with Crippen LogP contribution in [0.5, 0.6) is 11.5 Å². The highest BCUT2D eigenvalue weighted by atomic mass is 35.5. The highest BCUT2D eigenvalue weighted by molar-refractivity contribution is 6.31. The zero-order valence-electron chi connectivity index (χ0n) is 12.5. The summed E-state index contributed by atoms with van der Waals surface area (Å²) in [5.74, 6) is 2.74. The molecule has 5 heteroatoms. The fourth-order valence-corrected chi connectivity index (χ4v) is 2.37. The van der Waals surface area contributed by atoms with E-state index in [-0.39, 0.29) is 0 Å². The molecule has 0 saturated heterocycles. The van der Waals surface area contributed by atoms with E-state index in [0.29, 0.717) is 35.5 Å². The number of furan rings is 1. The van der Waals surface area contributed by atoms with Gasteiger partial charge in [0.25, 0.3) is 0 Å². The second kappa shape index (κ2) is 6.87. The minimum Gasteiger partial charge on any atom is -0.490 e. The molecular formula is C16H20ClNO3. The van der Waals surface area contributed by atoms with Crippen LogP contribution < -0.4 is 15.2 Å². The van der Waals surface area contributed by atoms with Gasteiger partial charge in [0, 0.05) is 11.1 Å². The average molecular weight is 310 g/mol.